The van der Waals surface area contributed by atoms with Crippen molar-refractivity contribution in [3.05, 3.63) is 0 Å². The molecule has 0 heterocycles. The first-order valence-corrected chi connectivity index (χ1v) is 5.17. The minimum atomic E-state index is -0.936. The molecule has 4 heteroatoms. The second-order valence-corrected chi connectivity index (χ2v) is 4.99. The Morgan fingerprint density at radius 2 is 1.08 bits per heavy atom. The minimum absolute atomic E-state index is 0.703. The van der Waals surface area contributed by atoms with Gasteiger partial charge >= 0.3 is 0 Å². The Balaban J connectivity index is 2.66. The summed E-state index contributed by atoms with van der Waals surface area (Å²) in [6, 6.07) is 0. The molecule has 0 radical (unpaired) electrons. The van der Waals surface area contributed by atoms with Crippen molar-refractivity contribution in [3.8, 4) is 0 Å². The van der Waals surface area contributed by atoms with Gasteiger partial charge in [-0.15, -0.1) is 0 Å². The predicted molar refractivity (Wildman–Crippen MR) is 53.2 cm³/mol. The van der Waals surface area contributed by atoms with Gasteiger partial charge in [0.1, 0.15) is 10.00 Å². The van der Waals surface area contributed by atoms with Crippen LogP contribution in [0.5, 0.6) is 0 Å². The summed E-state index contributed by atoms with van der Waals surface area (Å²) in [6.45, 7) is 0. The maximum Gasteiger partial charge on any atom is 0.123 e. The molecule has 0 bridgehead atoms. The Hall–Kier alpha value is 0.500. The SMILES string of the molecule is NC1(Cl)CCCCCCC1(N)Cl. The van der Waals surface area contributed by atoms with Crippen LogP contribution in [0, 0.1) is 0 Å². The predicted octanol–water partition coefficient (Wildman–Crippen LogP) is 2.13. The van der Waals surface area contributed by atoms with Gasteiger partial charge in [-0.3, -0.25) is 0 Å². The molecule has 2 nitrogen and oxygen atoms in total. The molecule has 0 aromatic rings. The lowest BCUT2D eigenvalue weighted by atomic mass is 9.92. The molecule has 1 saturated carbocycles. The fourth-order valence-electron chi connectivity index (χ4n) is 1.53. The first-order valence-electron chi connectivity index (χ1n) is 4.41. The van der Waals surface area contributed by atoms with Gasteiger partial charge in [-0.25, -0.2) is 0 Å². The summed E-state index contributed by atoms with van der Waals surface area (Å²) in [7, 11) is 0. The standard InChI is InChI=1S/C8H16Cl2N2/c9-7(11)5-3-1-2-4-6-8(7,10)12/h1-6,11-12H2. The van der Waals surface area contributed by atoms with Crippen LogP contribution in [0.3, 0.4) is 0 Å². The van der Waals surface area contributed by atoms with Crippen molar-refractivity contribution in [1.82, 2.24) is 0 Å². The van der Waals surface area contributed by atoms with Gasteiger partial charge in [-0.2, -0.15) is 0 Å². The Labute approximate surface area is 83.6 Å². The van der Waals surface area contributed by atoms with Gasteiger partial charge in [0, 0.05) is 0 Å². The van der Waals surface area contributed by atoms with Crippen LogP contribution in [0.4, 0.5) is 0 Å². The number of alkyl halides is 2. The fourth-order valence-corrected chi connectivity index (χ4v) is 1.99. The average Bonchev–Trinajstić information content (AvgIpc) is 1.94. The van der Waals surface area contributed by atoms with Crippen LogP contribution in [-0.4, -0.2) is 10.00 Å². The zero-order valence-electron chi connectivity index (χ0n) is 7.15. The first kappa shape index (κ1) is 10.6. The Morgan fingerprint density at radius 1 is 0.750 bits per heavy atom. The van der Waals surface area contributed by atoms with Crippen molar-refractivity contribution in [2.75, 3.05) is 0 Å². The van der Waals surface area contributed by atoms with Gasteiger partial charge in [-0.05, 0) is 12.8 Å². The van der Waals surface area contributed by atoms with Crippen molar-refractivity contribution < 1.29 is 0 Å². The molecule has 4 N–H and O–H groups in total. The van der Waals surface area contributed by atoms with E-state index in [1.807, 2.05) is 0 Å². The molecule has 0 amide bonds. The Bertz CT molecular complexity index is 139. The van der Waals surface area contributed by atoms with Crippen molar-refractivity contribution >= 4 is 23.2 Å². The summed E-state index contributed by atoms with van der Waals surface area (Å²) in [4.78, 5) is -1.87. The second kappa shape index (κ2) is 3.70. The molecule has 1 aliphatic rings. The maximum absolute atomic E-state index is 6.06. The molecule has 12 heavy (non-hydrogen) atoms. The lowest BCUT2D eigenvalue weighted by molar-refractivity contribution is 0.330. The number of hydrogen-bond acceptors (Lipinski definition) is 2. The topological polar surface area (TPSA) is 52.0 Å². The van der Waals surface area contributed by atoms with Crippen molar-refractivity contribution in [2.24, 2.45) is 11.5 Å². The van der Waals surface area contributed by atoms with E-state index in [4.69, 9.17) is 34.7 Å². The van der Waals surface area contributed by atoms with E-state index in [-0.39, 0.29) is 0 Å². The quantitative estimate of drug-likeness (QED) is 0.476. The lowest BCUT2D eigenvalue weighted by Crippen LogP contribution is -2.59. The highest BCUT2D eigenvalue weighted by Gasteiger charge is 2.42. The summed E-state index contributed by atoms with van der Waals surface area (Å²) in [6.07, 6.45) is 5.80. The monoisotopic (exact) mass is 210 g/mol. The molecule has 2 atom stereocenters. The lowest BCUT2D eigenvalue weighted by Gasteiger charge is -2.38. The summed E-state index contributed by atoms with van der Waals surface area (Å²) in [5, 5.41) is 0. The molecule has 0 saturated heterocycles. The van der Waals surface area contributed by atoms with Gasteiger partial charge in [0.2, 0.25) is 0 Å². The molecule has 0 aromatic heterocycles. The normalized spacial score (nSPS) is 45.0. The molecule has 1 fully saturated rings. The van der Waals surface area contributed by atoms with Crippen LogP contribution in [0.15, 0.2) is 0 Å². The molecule has 0 aliphatic heterocycles. The smallest absolute Gasteiger partial charge is 0.123 e. The molecule has 0 spiro atoms. The van der Waals surface area contributed by atoms with Crippen LogP contribution in [0.2, 0.25) is 0 Å². The van der Waals surface area contributed by atoms with Gasteiger partial charge < -0.3 is 11.5 Å². The average molecular weight is 211 g/mol. The zero-order chi connectivity index (χ0) is 9.24. The highest BCUT2D eigenvalue weighted by Crippen LogP contribution is 2.37. The molecule has 2 unspecified atom stereocenters. The first-order chi connectivity index (χ1) is 5.46. The summed E-state index contributed by atoms with van der Waals surface area (Å²) in [5.41, 5.74) is 11.7. The third kappa shape index (κ3) is 2.25. The number of hydrogen-bond donors (Lipinski definition) is 2. The highest BCUT2D eigenvalue weighted by molar-refractivity contribution is 6.34. The molecule has 1 aliphatic carbocycles. The Kier molecular flexibility index (Phi) is 3.27. The van der Waals surface area contributed by atoms with Crippen LogP contribution in [0.1, 0.15) is 38.5 Å². The molecular weight excluding hydrogens is 195 g/mol. The van der Waals surface area contributed by atoms with E-state index in [1.165, 1.54) is 12.8 Å². The highest BCUT2D eigenvalue weighted by atomic mass is 35.5. The third-order valence-corrected chi connectivity index (χ3v) is 3.67. The van der Waals surface area contributed by atoms with Gasteiger partial charge in [-0.1, -0.05) is 48.9 Å². The van der Waals surface area contributed by atoms with E-state index in [9.17, 15) is 0 Å². The van der Waals surface area contributed by atoms with E-state index < -0.39 is 10.00 Å². The largest absolute Gasteiger partial charge is 0.310 e. The van der Waals surface area contributed by atoms with Crippen LogP contribution in [-0.2, 0) is 0 Å². The number of halogens is 2. The fraction of sp³-hybridized carbons (Fsp3) is 1.00. The second-order valence-electron chi connectivity index (χ2n) is 3.64. The molecule has 1 rings (SSSR count). The van der Waals surface area contributed by atoms with Crippen LogP contribution in [0.25, 0.3) is 0 Å². The van der Waals surface area contributed by atoms with Gasteiger partial charge in [0.05, 0.1) is 0 Å². The van der Waals surface area contributed by atoms with Gasteiger partial charge in [0.25, 0.3) is 0 Å². The summed E-state index contributed by atoms with van der Waals surface area (Å²) < 4.78 is 0. The van der Waals surface area contributed by atoms with E-state index in [0.29, 0.717) is 12.8 Å². The van der Waals surface area contributed by atoms with Crippen LogP contribution < -0.4 is 11.5 Å². The maximum atomic E-state index is 6.06. The molecule has 72 valence electrons. The van der Waals surface area contributed by atoms with Crippen molar-refractivity contribution in [2.45, 2.75) is 48.5 Å². The Morgan fingerprint density at radius 3 is 1.42 bits per heavy atom. The van der Waals surface area contributed by atoms with E-state index in [2.05, 4.69) is 0 Å². The number of rotatable bonds is 0. The van der Waals surface area contributed by atoms with Crippen LogP contribution >= 0.6 is 23.2 Å². The molecule has 0 aromatic carbocycles. The zero-order valence-corrected chi connectivity index (χ0v) is 8.67. The minimum Gasteiger partial charge on any atom is -0.310 e. The van der Waals surface area contributed by atoms with E-state index >= 15 is 0 Å². The van der Waals surface area contributed by atoms with E-state index in [0.717, 1.165) is 12.8 Å². The molecular formula is C8H16Cl2N2. The third-order valence-electron chi connectivity index (χ3n) is 2.52. The van der Waals surface area contributed by atoms with E-state index in [1.54, 1.807) is 0 Å². The summed E-state index contributed by atoms with van der Waals surface area (Å²) >= 11 is 12.1. The summed E-state index contributed by atoms with van der Waals surface area (Å²) in [5.74, 6) is 0. The van der Waals surface area contributed by atoms with Crippen molar-refractivity contribution in [3.63, 3.8) is 0 Å². The van der Waals surface area contributed by atoms with Gasteiger partial charge in [0.15, 0.2) is 0 Å². The van der Waals surface area contributed by atoms with Crippen molar-refractivity contribution in [1.29, 1.82) is 0 Å². The number of nitrogens with two attached hydrogens (primary N) is 2.